The van der Waals surface area contributed by atoms with Crippen molar-refractivity contribution in [3.8, 4) is 0 Å². The molecule has 0 aliphatic carbocycles. The zero-order valence-corrected chi connectivity index (χ0v) is 11.8. The largest absolute Gasteiger partial charge is 0.307 e. The van der Waals surface area contributed by atoms with Crippen molar-refractivity contribution in [3.63, 3.8) is 0 Å². The molecule has 88 valence electrons. The molecule has 0 amide bonds. The third kappa shape index (κ3) is 4.06. The third-order valence-corrected chi connectivity index (χ3v) is 3.72. The lowest BCUT2D eigenvalue weighted by Crippen LogP contribution is -2.26. The van der Waals surface area contributed by atoms with Crippen LogP contribution in [0.1, 0.15) is 5.56 Å². The molecule has 0 saturated heterocycles. The van der Waals surface area contributed by atoms with Crippen LogP contribution in [0, 0.1) is 0 Å². The number of hydrogen-bond donors (Lipinski definition) is 0. The minimum atomic E-state index is 0.800. The fourth-order valence-electron chi connectivity index (χ4n) is 1.43. The van der Waals surface area contributed by atoms with E-state index in [4.69, 9.17) is 11.6 Å². The molecule has 0 spiro atoms. The Morgan fingerprint density at radius 1 is 1.38 bits per heavy atom. The van der Waals surface area contributed by atoms with E-state index < -0.39 is 0 Å². The van der Waals surface area contributed by atoms with E-state index in [2.05, 4.69) is 43.7 Å². The standard InChI is InChI=1S/C12H18ClN2S/c1-14(2)12(15(3)4)16-9-10-6-5-7-11(13)8-10/h5-8H,9H2,1-4H3/q+1. The van der Waals surface area contributed by atoms with Gasteiger partial charge in [-0.15, -0.1) is 0 Å². The summed E-state index contributed by atoms with van der Waals surface area (Å²) in [6.07, 6.45) is 0. The van der Waals surface area contributed by atoms with Gasteiger partial charge in [0.2, 0.25) is 0 Å². The molecule has 2 nitrogen and oxygen atoms in total. The van der Waals surface area contributed by atoms with Crippen molar-refractivity contribution in [1.29, 1.82) is 0 Å². The van der Waals surface area contributed by atoms with E-state index in [0.717, 1.165) is 10.8 Å². The summed E-state index contributed by atoms with van der Waals surface area (Å²) in [6.45, 7) is 0. The van der Waals surface area contributed by atoms with Gasteiger partial charge in [0, 0.05) is 10.8 Å². The summed E-state index contributed by atoms with van der Waals surface area (Å²) in [5.74, 6) is 0.937. The van der Waals surface area contributed by atoms with Crippen LogP contribution in [0.15, 0.2) is 24.3 Å². The maximum atomic E-state index is 5.95. The van der Waals surface area contributed by atoms with Gasteiger partial charge in [-0.05, 0) is 29.5 Å². The average Bonchev–Trinajstić information content (AvgIpc) is 2.16. The van der Waals surface area contributed by atoms with Crippen LogP contribution in [0.3, 0.4) is 0 Å². The second-order valence-electron chi connectivity index (χ2n) is 3.99. The summed E-state index contributed by atoms with van der Waals surface area (Å²) in [7, 11) is 8.22. The van der Waals surface area contributed by atoms with Gasteiger partial charge < -0.3 is 0 Å². The molecular weight excluding hydrogens is 240 g/mol. The summed E-state index contributed by atoms with van der Waals surface area (Å²) in [4.78, 5) is 2.12. The smallest absolute Gasteiger partial charge is 0.262 e. The predicted octanol–water partition coefficient (Wildman–Crippen LogP) is 2.76. The topological polar surface area (TPSA) is 6.25 Å². The van der Waals surface area contributed by atoms with Crippen LogP contribution in [0.2, 0.25) is 5.02 Å². The van der Waals surface area contributed by atoms with Gasteiger partial charge in [-0.2, -0.15) is 0 Å². The number of halogens is 1. The van der Waals surface area contributed by atoms with Crippen molar-refractivity contribution in [3.05, 3.63) is 34.9 Å². The Bertz CT molecular complexity index is 384. The van der Waals surface area contributed by atoms with E-state index in [0.29, 0.717) is 0 Å². The van der Waals surface area contributed by atoms with E-state index in [1.54, 1.807) is 0 Å². The van der Waals surface area contributed by atoms with Crippen molar-refractivity contribution < 1.29 is 4.58 Å². The monoisotopic (exact) mass is 257 g/mol. The number of amidine groups is 1. The zero-order chi connectivity index (χ0) is 12.1. The highest BCUT2D eigenvalue weighted by Gasteiger charge is 2.12. The van der Waals surface area contributed by atoms with Crippen molar-refractivity contribution in [2.45, 2.75) is 5.75 Å². The Labute approximate surface area is 107 Å². The van der Waals surface area contributed by atoms with Crippen LogP contribution in [0.4, 0.5) is 0 Å². The molecule has 0 aromatic heterocycles. The Morgan fingerprint density at radius 3 is 2.56 bits per heavy atom. The molecule has 0 heterocycles. The van der Waals surface area contributed by atoms with Crippen LogP contribution >= 0.6 is 23.4 Å². The molecule has 0 aliphatic heterocycles. The Hall–Kier alpha value is -0.670. The molecule has 0 saturated carbocycles. The minimum Gasteiger partial charge on any atom is -0.262 e. The van der Waals surface area contributed by atoms with Gasteiger partial charge in [-0.1, -0.05) is 23.7 Å². The first kappa shape index (κ1) is 13.4. The fraction of sp³-hybridized carbons (Fsp3) is 0.417. The first-order valence-electron chi connectivity index (χ1n) is 5.09. The lowest BCUT2D eigenvalue weighted by Gasteiger charge is -2.10. The molecule has 0 unspecified atom stereocenters. The van der Waals surface area contributed by atoms with E-state index in [1.165, 1.54) is 10.7 Å². The van der Waals surface area contributed by atoms with E-state index in [9.17, 15) is 0 Å². The molecule has 0 aliphatic rings. The first-order chi connectivity index (χ1) is 7.50. The summed E-state index contributed by atoms with van der Waals surface area (Å²) in [6, 6.07) is 8.00. The quantitative estimate of drug-likeness (QED) is 0.457. The van der Waals surface area contributed by atoms with Gasteiger partial charge in [0.1, 0.15) is 0 Å². The van der Waals surface area contributed by atoms with Crippen LogP contribution in [0.25, 0.3) is 0 Å². The molecule has 0 radical (unpaired) electrons. The predicted molar refractivity (Wildman–Crippen MR) is 73.5 cm³/mol. The highest BCUT2D eigenvalue weighted by atomic mass is 35.5. The molecular formula is C12H18ClN2S+. The van der Waals surface area contributed by atoms with Crippen LogP contribution < -0.4 is 0 Å². The summed E-state index contributed by atoms with van der Waals surface area (Å²) >= 11 is 7.76. The SMILES string of the molecule is CN(C)C(SCc1cccc(Cl)c1)=[N+](C)C. The lowest BCUT2D eigenvalue weighted by atomic mass is 10.2. The molecule has 4 heteroatoms. The molecule has 0 atom stereocenters. The number of thioether (sulfide) groups is 1. The number of rotatable bonds is 2. The van der Waals surface area contributed by atoms with Crippen LogP contribution in [0.5, 0.6) is 0 Å². The van der Waals surface area contributed by atoms with Gasteiger partial charge in [-0.25, -0.2) is 0 Å². The van der Waals surface area contributed by atoms with Crippen LogP contribution in [-0.4, -0.2) is 42.8 Å². The number of nitrogens with zero attached hydrogens (tertiary/aromatic N) is 2. The second kappa shape index (κ2) is 6.16. The second-order valence-corrected chi connectivity index (χ2v) is 5.37. The van der Waals surface area contributed by atoms with Crippen molar-refractivity contribution >= 4 is 28.5 Å². The summed E-state index contributed by atoms with van der Waals surface area (Å²) in [5, 5.41) is 2.04. The Morgan fingerprint density at radius 2 is 2.06 bits per heavy atom. The molecule has 16 heavy (non-hydrogen) atoms. The first-order valence-corrected chi connectivity index (χ1v) is 6.46. The van der Waals surface area contributed by atoms with Crippen LogP contribution in [-0.2, 0) is 5.75 Å². The zero-order valence-electron chi connectivity index (χ0n) is 10.2. The fourth-order valence-corrected chi connectivity index (χ4v) is 2.64. The maximum Gasteiger partial charge on any atom is 0.307 e. The van der Waals surface area contributed by atoms with Gasteiger partial charge in [-0.3, -0.25) is 9.48 Å². The average molecular weight is 258 g/mol. The van der Waals surface area contributed by atoms with Crippen molar-refractivity contribution in [1.82, 2.24) is 4.90 Å². The van der Waals surface area contributed by atoms with Gasteiger partial charge >= 0.3 is 5.17 Å². The molecule has 0 bridgehead atoms. The van der Waals surface area contributed by atoms with Crippen molar-refractivity contribution in [2.24, 2.45) is 0 Å². The summed E-state index contributed by atoms with van der Waals surface area (Å²) < 4.78 is 2.12. The molecule has 0 fully saturated rings. The van der Waals surface area contributed by atoms with Gasteiger partial charge in [0.05, 0.1) is 28.2 Å². The number of benzene rings is 1. The highest BCUT2D eigenvalue weighted by molar-refractivity contribution is 8.12. The molecule has 1 rings (SSSR count). The maximum absolute atomic E-state index is 5.95. The molecule has 1 aromatic rings. The van der Waals surface area contributed by atoms with E-state index in [1.807, 2.05) is 30.0 Å². The van der Waals surface area contributed by atoms with E-state index in [-0.39, 0.29) is 0 Å². The summed E-state index contributed by atoms with van der Waals surface area (Å²) in [5.41, 5.74) is 1.25. The van der Waals surface area contributed by atoms with Gasteiger partial charge in [0.25, 0.3) is 0 Å². The minimum absolute atomic E-state index is 0.800. The number of hydrogen-bond acceptors (Lipinski definition) is 1. The Kier molecular flexibility index (Phi) is 5.16. The van der Waals surface area contributed by atoms with E-state index >= 15 is 0 Å². The normalized spacial score (nSPS) is 10.1. The third-order valence-electron chi connectivity index (χ3n) is 2.02. The lowest BCUT2D eigenvalue weighted by molar-refractivity contribution is -0.466. The molecule has 0 N–H and O–H groups in total. The Balaban J connectivity index is 2.67. The highest BCUT2D eigenvalue weighted by Crippen LogP contribution is 2.18. The molecule has 1 aromatic carbocycles. The van der Waals surface area contributed by atoms with Gasteiger partial charge in [0.15, 0.2) is 0 Å². The van der Waals surface area contributed by atoms with Crippen molar-refractivity contribution in [2.75, 3.05) is 28.2 Å².